The predicted octanol–water partition coefficient (Wildman–Crippen LogP) is 2.30. The predicted molar refractivity (Wildman–Crippen MR) is 35.9 cm³/mol. The number of aryl methyl sites for hydroxylation is 2. The summed E-state index contributed by atoms with van der Waals surface area (Å²) < 4.78 is 0. The van der Waals surface area contributed by atoms with Gasteiger partial charge < -0.3 is 0 Å². The van der Waals surface area contributed by atoms with E-state index in [1.54, 1.807) is 0 Å². The van der Waals surface area contributed by atoms with Gasteiger partial charge in [-0.2, -0.15) is 0 Å². The SMILES string of the molecule is Cc1ccc(C)cc1.[Ce]. The first-order valence-electron chi connectivity index (χ1n) is 2.82. The summed E-state index contributed by atoms with van der Waals surface area (Å²) in [6.07, 6.45) is 0. The normalized spacial score (nSPS) is 8.22. The fourth-order valence-electron chi connectivity index (χ4n) is 0.637. The van der Waals surface area contributed by atoms with Gasteiger partial charge in [-0.25, -0.2) is 0 Å². The Balaban J connectivity index is 0.000000640. The molecule has 0 aliphatic heterocycles. The zero-order chi connectivity index (χ0) is 5.98. The topological polar surface area (TPSA) is 0 Å². The van der Waals surface area contributed by atoms with Gasteiger partial charge in [0, 0.05) is 41.7 Å². The second-order valence-electron chi connectivity index (χ2n) is 2.15. The zero-order valence-corrected chi connectivity index (χ0v) is 8.95. The Kier molecular flexibility index (Phi) is 4.71. The average Bonchev–Trinajstić information content (AvgIpc) is 1.77. The molecule has 9 heavy (non-hydrogen) atoms. The molecule has 1 rings (SSSR count). The smallest absolute Gasteiger partial charge is 0 e. The van der Waals surface area contributed by atoms with Crippen molar-refractivity contribution >= 4 is 0 Å². The Morgan fingerprint density at radius 3 is 1.22 bits per heavy atom. The molecule has 0 aliphatic carbocycles. The van der Waals surface area contributed by atoms with Crippen LogP contribution in [0.15, 0.2) is 24.3 Å². The Morgan fingerprint density at radius 1 is 0.778 bits per heavy atom. The summed E-state index contributed by atoms with van der Waals surface area (Å²) in [4.78, 5) is 0. The van der Waals surface area contributed by atoms with Gasteiger partial charge in [0.05, 0.1) is 0 Å². The molecule has 0 unspecified atom stereocenters. The molecule has 0 aromatic heterocycles. The van der Waals surface area contributed by atoms with Crippen molar-refractivity contribution in [2.24, 2.45) is 0 Å². The summed E-state index contributed by atoms with van der Waals surface area (Å²) >= 11 is 0. The third kappa shape index (κ3) is 3.33. The van der Waals surface area contributed by atoms with Crippen LogP contribution in [-0.4, -0.2) is 0 Å². The Morgan fingerprint density at radius 2 is 1.00 bits per heavy atom. The average molecular weight is 246 g/mol. The van der Waals surface area contributed by atoms with E-state index >= 15 is 0 Å². The van der Waals surface area contributed by atoms with E-state index in [-0.39, 0.29) is 41.7 Å². The van der Waals surface area contributed by atoms with Gasteiger partial charge in [0.15, 0.2) is 0 Å². The van der Waals surface area contributed by atoms with E-state index in [9.17, 15) is 0 Å². The van der Waals surface area contributed by atoms with Gasteiger partial charge in [0.25, 0.3) is 0 Å². The van der Waals surface area contributed by atoms with Gasteiger partial charge in [-0.3, -0.25) is 0 Å². The van der Waals surface area contributed by atoms with Crippen LogP contribution in [0.4, 0.5) is 0 Å². The van der Waals surface area contributed by atoms with Gasteiger partial charge in [-0.15, -0.1) is 0 Å². The van der Waals surface area contributed by atoms with E-state index in [0.29, 0.717) is 0 Å². The molecule has 0 atom stereocenters. The van der Waals surface area contributed by atoms with Crippen molar-refractivity contribution in [1.29, 1.82) is 0 Å². The molecule has 46 valence electrons. The molecule has 0 saturated carbocycles. The van der Waals surface area contributed by atoms with Crippen molar-refractivity contribution < 1.29 is 41.7 Å². The summed E-state index contributed by atoms with van der Waals surface area (Å²) in [5, 5.41) is 0. The quantitative estimate of drug-likeness (QED) is 0.659. The van der Waals surface area contributed by atoms with Crippen molar-refractivity contribution in [3.05, 3.63) is 35.4 Å². The molecule has 0 N–H and O–H groups in total. The molecular weight excluding hydrogens is 236 g/mol. The number of benzene rings is 1. The maximum Gasteiger partial charge on any atom is 0 e. The van der Waals surface area contributed by atoms with Gasteiger partial charge in [-0.1, -0.05) is 35.4 Å². The molecule has 0 fully saturated rings. The van der Waals surface area contributed by atoms with Crippen LogP contribution in [0.25, 0.3) is 0 Å². The van der Waals surface area contributed by atoms with E-state index in [2.05, 4.69) is 38.1 Å². The van der Waals surface area contributed by atoms with E-state index in [4.69, 9.17) is 0 Å². The molecule has 1 heteroatoms. The first-order valence-corrected chi connectivity index (χ1v) is 2.82. The largest absolute Gasteiger partial charge is 0.0591 e. The van der Waals surface area contributed by atoms with Crippen molar-refractivity contribution in [3.63, 3.8) is 0 Å². The van der Waals surface area contributed by atoms with Gasteiger partial charge in [0.1, 0.15) is 0 Å². The molecule has 1 aromatic rings. The minimum absolute atomic E-state index is 0. The van der Waals surface area contributed by atoms with Crippen LogP contribution >= 0.6 is 0 Å². The van der Waals surface area contributed by atoms with Crippen molar-refractivity contribution in [2.45, 2.75) is 13.8 Å². The van der Waals surface area contributed by atoms with E-state index < -0.39 is 0 Å². The summed E-state index contributed by atoms with van der Waals surface area (Å²) in [5.41, 5.74) is 2.66. The maximum absolute atomic E-state index is 2.12. The summed E-state index contributed by atoms with van der Waals surface area (Å²) in [5.74, 6) is 0. The van der Waals surface area contributed by atoms with Gasteiger partial charge in [-0.05, 0) is 13.8 Å². The van der Waals surface area contributed by atoms with E-state index in [1.807, 2.05) is 0 Å². The maximum atomic E-state index is 2.12. The molecule has 0 bridgehead atoms. The first-order chi connectivity index (χ1) is 3.79. The third-order valence-electron chi connectivity index (χ3n) is 1.22. The Bertz CT molecular complexity index is 143. The first kappa shape index (κ1) is 9.60. The molecule has 0 aliphatic rings. The Hall–Kier alpha value is 0.597. The molecule has 0 nitrogen and oxygen atoms in total. The minimum Gasteiger partial charge on any atom is -0.0591 e. The zero-order valence-electron chi connectivity index (χ0n) is 5.81. The van der Waals surface area contributed by atoms with E-state index in [0.717, 1.165) is 0 Å². The fraction of sp³-hybridized carbons (Fsp3) is 0.250. The summed E-state index contributed by atoms with van der Waals surface area (Å²) in [6.45, 7) is 4.19. The van der Waals surface area contributed by atoms with Crippen LogP contribution in [0.2, 0.25) is 0 Å². The van der Waals surface area contributed by atoms with E-state index in [1.165, 1.54) is 11.1 Å². The van der Waals surface area contributed by atoms with Crippen LogP contribution in [0.3, 0.4) is 0 Å². The molecule has 1 aromatic carbocycles. The summed E-state index contributed by atoms with van der Waals surface area (Å²) in [6, 6.07) is 8.48. The molecule has 0 saturated heterocycles. The van der Waals surface area contributed by atoms with Gasteiger partial charge >= 0.3 is 0 Å². The minimum atomic E-state index is 0. The van der Waals surface area contributed by atoms with Crippen LogP contribution in [-0.2, 0) is 0 Å². The van der Waals surface area contributed by atoms with Gasteiger partial charge in [0.2, 0.25) is 0 Å². The molecule has 0 spiro atoms. The second kappa shape index (κ2) is 4.42. The molecule has 0 amide bonds. The second-order valence-corrected chi connectivity index (χ2v) is 2.15. The van der Waals surface area contributed by atoms with Crippen LogP contribution in [0.1, 0.15) is 11.1 Å². The fourth-order valence-corrected chi connectivity index (χ4v) is 0.637. The third-order valence-corrected chi connectivity index (χ3v) is 1.22. The van der Waals surface area contributed by atoms with Crippen LogP contribution < -0.4 is 0 Å². The monoisotopic (exact) mass is 246 g/mol. The number of rotatable bonds is 0. The number of hydrogen-bond donors (Lipinski definition) is 0. The molecular formula is C8H10Ce. The van der Waals surface area contributed by atoms with Crippen molar-refractivity contribution in [1.82, 2.24) is 0 Å². The number of hydrogen-bond acceptors (Lipinski definition) is 0. The van der Waals surface area contributed by atoms with Crippen LogP contribution in [0.5, 0.6) is 0 Å². The van der Waals surface area contributed by atoms with Crippen molar-refractivity contribution in [2.75, 3.05) is 0 Å². The molecule has 0 heterocycles. The van der Waals surface area contributed by atoms with Crippen LogP contribution in [0, 0.1) is 55.6 Å². The van der Waals surface area contributed by atoms with Crippen molar-refractivity contribution in [3.8, 4) is 0 Å². The molecule has 0 radical (unpaired) electrons. The summed E-state index contributed by atoms with van der Waals surface area (Å²) in [7, 11) is 0. The Labute approximate surface area is 90.0 Å². The standard InChI is InChI=1S/C8H10.Ce/c1-7-3-5-8(2)6-4-7;/h3-6H,1-2H3;.